The van der Waals surface area contributed by atoms with Gasteiger partial charge in [0.25, 0.3) is 10.0 Å². The first kappa shape index (κ1) is 31.5. The predicted octanol–water partition coefficient (Wildman–Crippen LogP) is 7.60. The highest BCUT2D eigenvalue weighted by Gasteiger charge is 2.34. The number of aryl methyl sites for hydroxylation is 1. The van der Waals surface area contributed by atoms with E-state index >= 15 is 0 Å². The number of halogens is 1. The largest absolute Gasteiger partial charge is 0.371 e. The lowest BCUT2D eigenvalue weighted by atomic mass is 9.98. The molecule has 0 saturated carbocycles. The molecule has 1 unspecified atom stereocenters. The molecule has 0 fully saturated rings. The lowest BCUT2D eigenvalue weighted by molar-refractivity contribution is -0.0147. The molecule has 0 radical (unpaired) electrons. The minimum absolute atomic E-state index is 0.0762. The van der Waals surface area contributed by atoms with E-state index in [1.165, 1.54) is 4.31 Å². The van der Waals surface area contributed by atoms with Crippen LogP contribution < -0.4 is 4.31 Å². The second-order valence-electron chi connectivity index (χ2n) is 11.9. The van der Waals surface area contributed by atoms with E-state index in [2.05, 4.69) is 46.8 Å². The molecular formula is C29H41BrN2O5SSi. The minimum Gasteiger partial charge on any atom is -0.371 e. The number of anilines is 1. The number of rotatable bonds is 11. The van der Waals surface area contributed by atoms with Crippen molar-refractivity contribution in [3.8, 4) is 11.1 Å². The molecule has 0 aliphatic rings. The third kappa shape index (κ3) is 7.61. The van der Waals surface area contributed by atoms with Gasteiger partial charge in [-0.15, -0.1) is 0 Å². The van der Waals surface area contributed by atoms with Crippen molar-refractivity contribution < 1.29 is 22.4 Å². The molecule has 3 rings (SSSR count). The molecule has 0 spiro atoms. The predicted molar refractivity (Wildman–Crippen MR) is 163 cm³/mol. The molecule has 0 N–H and O–H groups in total. The van der Waals surface area contributed by atoms with Gasteiger partial charge in [0.05, 0.1) is 30.9 Å². The molecule has 0 aliphatic heterocycles. The van der Waals surface area contributed by atoms with Gasteiger partial charge in [0.1, 0.15) is 6.73 Å². The van der Waals surface area contributed by atoms with Crippen LogP contribution in [-0.2, 0) is 31.4 Å². The van der Waals surface area contributed by atoms with Crippen molar-refractivity contribution in [2.75, 3.05) is 11.0 Å². The molecular weight excluding hydrogens is 596 g/mol. The lowest BCUT2D eigenvalue weighted by Gasteiger charge is -2.29. The molecule has 1 heterocycles. The Balaban J connectivity index is 2.16. The van der Waals surface area contributed by atoms with Gasteiger partial charge in [-0.25, -0.2) is 12.7 Å². The molecule has 7 nitrogen and oxygen atoms in total. The van der Waals surface area contributed by atoms with E-state index < -0.39 is 18.1 Å². The Kier molecular flexibility index (Phi) is 9.92. The molecule has 2 aromatic carbocycles. The first-order chi connectivity index (χ1) is 18.1. The summed E-state index contributed by atoms with van der Waals surface area (Å²) in [6.07, 6.45) is 0. The monoisotopic (exact) mass is 636 g/mol. The average Bonchev–Trinajstić information content (AvgIpc) is 3.19. The summed E-state index contributed by atoms with van der Waals surface area (Å²) in [5.74, 6) is 0.163. The lowest BCUT2D eigenvalue weighted by Crippen LogP contribution is -2.42. The van der Waals surface area contributed by atoms with Crippen LogP contribution >= 0.6 is 15.9 Å². The van der Waals surface area contributed by atoms with Crippen LogP contribution in [0, 0.1) is 13.8 Å². The van der Waals surface area contributed by atoms with E-state index in [9.17, 15) is 8.42 Å². The third-order valence-electron chi connectivity index (χ3n) is 6.75. The maximum atomic E-state index is 14.4. The number of nitrogens with zero attached hydrogens (tertiary/aromatic N) is 2. The topological polar surface area (TPSA) is 81.9 Å². The van der Waals surface area contributed by atoms with Crippen LogP contribution in [0.15, 0.2) is 51.9 Å². The molecule has 0 amide bonds. The number of benzene rings is 2. The Morgan fingerprint density at radius 3 is 2.31 bits per heavy atom. The van der Waals surface area contributed by atoms with Crippen LogP contribution in [0.5, 0.6) is 0 Å². The summed E-state index contributed by atoms with van der Waals surface area (Å²) < 4.78 is 47.9. The first-order valence-corrected chi connectivity index (χ1v) is 19.2. The van der Waals surface area contributed by atoms with Crippen LogP contribution in [0.2, 0.25) is 19.6 Å². The molecule has 0 aliphatic carbocycles. The van der Waals surface area contributed by atoms with Crippen LogP contribution in [0.3, 0.4) is 0 Å². The van der Waals surface area contributed by atoms with Gasteiger partial charge in [-0.2, -0.15) is 0 Å². The first-order valence-electron chi connectivity index (χ1n) is 13.0. The molecule has 1 aromatic heterocycles. The second kappa shape index (κ2) is 12.3. The Bertz CT molecular complexity index is 1390. The highest BCUT2D eigenvalue weighted by molar-refractivity contribution is 9.08. The van der Waals surface area contributed by atoms with Gasteiger partial charge in [0.2, 0.25) is 5.88 Å². The zero-order chi connectivity index (χ0) is 29.2. The summed E-state index contributed by atoms with van der Waals surface area (Å²) >= 11 is 3.53. The Hall–Kier alpha value is -1.98. The van der Waals surface area contributed by atoms with Crippen LogP contribution in [-0.4, -0.2) is 39.7 Å². The summed E-state index contributed by atoms with van der Waals surface area (Å²) in [5.41, 5.74) is 4.22. The van der Waals surface area contributed by atoms with Crippen molar-refractivity contribution >= 4 is 39.9 Å². The zero-order valence-corrected chi connectivity index (χ0v) is 27.9. The Morgan fingerprint density at radius 2 is 1.74 bits per heavy atom. The molecule has 39 heavy (non-hydrogen) atoms. The number of hydrogen-bond acceptors (Lipinski definition) is 6. The minimum atomic E-state index is -4.12. The fraction of sp³-hybridized carbons (Fsp3) is 0.483. The smallest absolute Gasteiger partial charge is 0.269 e. The van der Waals surface area contributed by atoms with E-state index in [0.717, 1.165) is 16.7 Å². The number of alkyl halides is 1. The van der Waals surface area contributed by atoms with Crippen molar-refractivity contribution in [3.05, 3.63) is 64.8 Å². The maximum Gasteiger partial charge on any atom is 0.269 e. The van der Waals surface area contributed by atoms with Crippen molar-refractivity contribution in [1.82, 2.24) is 5.16 Å². The van der Waals surface area contributed by atoms with Gasteiger partial charge in [-0.3, -0.25) is 0 Å². The van der Waals surface area contributed by atoms with Gasteiger partial charge in [-0.05, 0) is 64.3 Å². The second-order valence-corrected chi connectivity index (χ2v) is 19.8. The fourth-order valence-corrected chi connectivity index (χ4v) is 6.20. The summed E-state index contributed by atoms with van der Waals surface area (Å²) in [5, 5.41) is 4.71. The van der Waals surface area contributed by atoms with Gasteiger partial charge in [0.15, 0.2) is 0 Å². The van der Waals surface area contributed by atoms with Gasteiger partial charge >= 0.3 is 0 Å². The van der Waals surface area contributed by atoms with E-state index in [1.807, 2.05) is 52.0 Å². The quantitative estimate of drug-likeness (QED) is 0.122. The normalized spacial score (nSPS) is 13.5. The van der Waals surface area contributed by atoms with E-state index in [0.29, 0.717) is 28.8 Å². The highest BCUT2D eigenvalue weighted by atomic mass is 79.9. The van der Waals surface area contributed by atoms with Crippen LogP contribution in [0.25, 0.3) is 11.1 Å². The van der Waals surface area contributed by atoms with Crippen molar-refractivity contribution in [1.29, 1.82) is 0 Å². The number of hydrogen-bond donors (Lipinski definition) is 0. The molecule has 214 valence electrons. The number of aromatic nitrogens is 1. The van der Waals surface area contributed by atoms with Crippen molar-refractivity contribution in [3.63, 3.8) is 0 Å². The standard InChI is InChI=1S/C29H41BrN2O5SSi/c1-20-21(2)31-37-28(20)32(19-35-22(3)39(7,8)9)38(33,34)27-13-11-10-12-26(27)25-15-14-23(17-30)16-24(25)18-36-29(4,5)6/h10-16,22H,17-19H2,1-9H3. The van der Waals surface area contributed by atoms with Crippen molar-refractivity contribution in [2.24, 2.45) is 0 Å². The van der Waals surface area contributed by atoms with Crippen LogP contribution in [0.4, 0.5) is 5.88 Å². The summed E-state index contributed by atoms with van der Waals surface area (Å²) in [7, 11) is -5.81. The third-order valence-corrected chi connectivity index (χ3v) is 11.8. The number of sulfonamides is 1. The van der Waals surface area contributed by atoms with E-state index in [1.54, 1.807) is 26.0 Å². The van der Waals surface area contributed by atoms with E-state index in [-0.39, 0.29) is 28.8 Å². The van der Waals surface area contributed by atoms with Gasteiger partial charge in [0, 0.05) is 22.2 Å². The molecule has 0 saturated heterocycles. The summed E-state index contributed by atoms with van der Waals surface area (Å²) in [4.78, 5) is 0.159. The summed E-state index contributed by atoms with van der Waals surface area (Å²) in [6, 6.07) is 13.1. The number of ether oxygens (including phenoxy) is 2. The Morgan fingerprint density at radius 1 is 1.08 bits per heavy atom. The molecule has 10 heteroatoms. The van der Waals surface area contributed by atoms with Crippen LogP contribution in [0.1, 0.15) is 50.1 Å². The van der Waals surface area contributed by atoms with Gasteiger partial charge < -0.3 is 14.0 Å². The molecule has 0 bridgehead atoms. The maximum absolute atomic E-state index is 14.4. The van der Waals surface area contributed by atoms with Crippen molar-refractivity contribution in [2.45, 2.75) is 89.3 Å². The zero-order valence-electron chi connectivity index (χ0n) is 24.5. The average molecular weight is 638 g/mol. The molecule has 1 atom stereocenters. The van der Waals surface area contributed by atoms with E-state index in [4.69, 9.17) is 14.0 Å². The highest BCUT2D eigenvalue weighted by Crippen LogP contribution is 2.36. The Labute approximate surface area is 243 Å². The fourth-order valence-electron chi connectivity index (χ4n) is 3.74. The molecule has 3 aromatic rings. The SMILES string of the molecule is Cc1noc(N(COC(C)[Si](C)(C)C)S(=O)(=O)c2ccccc2-c2ccc(CBr)cc2COC(C)(C)C)c1C. The summed E-state index contributed by atoms with van der Waals surface area (Å²) in [6.45, 7) is 18.3. The van der Waals surface area contributed by atoms with Gasteiger partial charge in [-0.1, -0.05) is 77.1 Å².